The lowest BCUT2D eigenvalue weighted by atomic mass is 9.54. The highest BCUT2D eigenvalue weighted by Gasteiger charge is 2.54. The van der Waals surface area contributed by atoms with Crippen molar-refractivity contribution < 1.29 is 4.79 Å². The lowest BCUT2D eigenvalue weighted by Crippen LogP contribution is -2.53. The summed E-state index contributed by atoms with van der Waals surface area (Å²) in [6.45, 7) is 2.38. The van der Waals surface area contributed by atoms with Gasteiger partial charge in [0.25, 0.3) is 0 Å². The Bertz CT molecular complexity index is 1250. The molecular weight excluding hydrogens is 400 g/mol. The Morgan fingerprint density at radius 3 is 2.78 bits per heavy atom. The van der Waals surface area contributed by atoms with Crippen LogP contribution < -0.4 is 4.90 Å². The van der Waals surface area contributed by atoms with E-state index in [2.05, 4.69) is 27.1 Å². The number of carbonyl (C=O) groups is 1. The van der Waals surface area contributed by atoms with Crippen LogP contribution in [-0.4, -0.2) is 38.1 Å². The molecule has 7 nitrogen and oxygen atoms in total. The van der Waals surface area contributed by atoms with Gasteiger partial charge in [0, 0.05) is 18.3 Å². The summed E-state index contributed by atoms with van der Waals surface area (Å²) in [5, 5.41) is 7.87. The van der Waals surface area contributed by atoms with E-state index in [9.17, 15) is 4.79 Å². The maximum Gasteiger partial charge on any atom is 0.233 e. The molecule has 3 aromatic heterocycles. The molecule has 4 aliphatic carbocycles. The largest absolute Gasteiger partial charge is 0.335 e. The van der Waals surface area contributed by atoms with Gasteiger partial charge in [0.1, 0.15) is 5.69 Å². The van der Waals surface area contributed by atoms with E-state index < -0.39 is 0 Å². The second-order valence-electron chi connectivity index (χ2n) is 11.1. The topological polar surface area (TPSA) is 90.6 Å². The Kier molecular flexibility index (Phi) is 3.65. The first-order valence-corrected chi connectivity index (χ1v) is 12.2. The zero-order valence-electron chi connectivity index (χ0n) is 18.9. The average Bonchev–Trinajstić information content (AvgIpc) is 3.03. The number of anilines is 1. The molecule has 2 atom stereocenters. The van der Waals surface area contributed by atoms with Crippen LogP contribution in [0.25, 0.3) is 22.7 Å². The fourth-order valence-corrected chi connectivity index (χ4v) is 6.60. The maximum absolute atomic E-state index is 13.5. The number of nitrogens with one attached hydrogen (secondary N) is 2. The van der Waals surface area contributed by atoms with Gasteiger partial charge in [0.2, 0.25) is 5.91 Å². The van der Waals surface area contributed by atoms with Crippen LogP contribution in [0.4, 0.5) is 5.69 Å². The molecule has 1 amide bonds. The van der Waals surface area contributed by atoms with E-state index in [1.807, 2.05) is 18.0 Å². The van der Waals surface area contributed by atoms with Gasteiger partial charge >= 0.3 is 0 Å². The number of fused-ring (bicyclic) bond motifs is 3. The molecule has 1 unspecified atom stereocenters. The summed E-state index contributed by atoms with van der Waals surface area (Å²) in [5.41, 5.74) is 6.19. The molecule has 0 aliphatic heterocycles. The van der Waals surface area contributed by atoms with E-state index in [1.165, 1.54) is 43.4 Å². The molecule has 2 N–H and O–H groups in total. The number of carbonyl (C=O) groups excluding carboxylic acids is 1. The lowest BCUT2D eigenvalue weighted by Gasteiger charge is -2.51. The van der Waals surface area contributed by atoms with Crippen molar-refractivity contribution in [2.75, 3.05) is 11.9 Å². The van der Waals surface area contributed by atoms with E-state index in [1.54, 1.807) is 6.20 Å². The van der Waals surface area contributed by atoms with Crippen molar-refractivity contribution in [1.82, 2.24) is 25.1 Å². The summed E-state index contributed by atoms with van der Waals surface area (Å²) in [6.07, 6.45) is 12.2. The standard InChI is InChI=1S/C25H30N6O/c1-24-11-15(24)9-17-19(12-24)29-30-20(17)22-27-18-10-16(13-26-21(18)28-22)31(2)23(32)25(7-4-8-25)14-5-3-6-14/h10,13-15H,3-9,11-12H2,1-2H3,(H,29,30)(H,26,27,28)/t15?,24-/m1/s1. The van der Waals surface area contributed by atoms with E-state index in [-0.39, 0.29) is 11.3 Å². The minimum atomic E-state index is -0.132. The third-order valence-electron chi connectivity index (χ3n) is 9.32. The number of hydrogen-bond acceptors (Lipinski definition) is 4. The summed E-state index contributed by atoms with van der Waals surface area (Å²) in [6, 6.07) is 2.01. The van der Waals surface area contributed by atoms with Crippen LogP contribution in [0.3, 0.4) is 0 Å². The van der Waals surface area contributed by atoms with Crippen LogP contribution in [0, 0.1) is 22.7 Å². The molecule has 0 radical (unpaired) electrons. The molecule has 0 bridgehead atoms. The molecule has 3 fully saturated rings. The van der Waals surface area contributed by atoms with Gasteiger partial charge in [-0.3, -0.25) is 9.89 Å². The van der Waals surface area contributed by atoms with Gasteiger partial charge in [-0.05, 0) is 68.3 Å². The molecule has 3 heterocycles. The number of hydrogen-bond donors (Lipinski definition) is 2. The first kappa shape index (κ1) is 18.8. The SMILES string of the molecule is CN(C(=O)C1(C2CCC2)CCC1)c1cnc2nc(-c3n[nH]c4c3CC3C[C@]3(C)C4)[nH]c2c1. The van der Waals surface area contributed by atoms with E-state index in [4.69, 9.17) is 4.98 Å². The van der Waals surface area contributed by atoms with E-state index in [0.717, 1.165) is 54.3 Å². The number of H-pyrrole nitrogens is 2. The third kappa shape index (κ3) is 2.48. The molecule has 32 heavy (non-hydrogen) atoms. The monoisotopic (exact) mass is 430 g/mol. The second kappa shape index (κ2) is 6.21. The van der Waals surface area contributed by atoms with Crippen LogP contribution in [0.1, 0.15) is 63.1 Å². The normalized spacial score (nSPS) is 27.9. The minimum Gasteiger partial charge on any atom is -0.335 e. The van der Waals surface area contributed by atoms with E-state index in [0.29, 0.717) is 17.0 Å². The van der Waals surface area contributed by atoms with Gasteiger partial charge in [-0.25, -0.2) is 9.97 Å². The summed E-state index contributed by atoms with van der Waals surface area (Å²) in [7, 11) is 1.90. The first-order valence-electron chi connectivity index (χ1n) is 12.2. The van der Waals surface area contributed by atoms with Crippen molar-refractivity contribution in [1.29, 1.82) is 0 Å². The Hall–Kier alpha value is -2.70. The number of amides is 1. The highest BCUT2D eigenvalue weighted by atomic mass is 16.2. The van der Waals surface area contributed by atoms with Crippen LogP contribution in [0.2, 0.25) is 0 Å². The average molecular weight is 431 g/mol. The van der Waals surface area contributed by atoms with Crippen molar-refractivity contribution in [3.8, 4) is 11.5 Å². The van der Waals surface area contributed by atoms with E-state index >= 15 is 0 Å². The lowest BCUT2D eigenvalue weighted by molar-refractivity contribution is -0.140. The number of aromatic nitrogens is 5. The Balaban J connectivity index is 1.19. The summed E-state index contributed by atoms with van der Waals surface area (Å²) in [5.74, 6) is 2.38. The zero-order valence-corrected chi connectivity index (χ0v) is 18.9. The second-order valence-corrected chi connectivity index (χ2v) is 11.1. The van der Waals surface area contributed by atoms with Crippen LogP contribution in [-0.2, 0) is 17.6 Å². The van der Waals surface area contributed by atoms with Crippen molar-refractivity contribution in [2.24, 2.45) is 22.7 Å². The maximum atomic E-state index is 13.5. The van der Waals surface area contributed by atoms with Gasteiger partial charge in [0.15, 0.2) is 11.5 Å². The molecule has 3 saturated carbocycles. The predicted octanol–water partition coefficient (Wildman–Crippen LogP) is 4.41. The Labute approximate surface area is 187 Å². The van der Waals surface area contributed by atoms with Crippen molar-refractivity contribution in [3.63, 3.8) is 0 Å². The fraction of sp³-hybridized carbons (Fsp3) is 0.600. The van der Waals surface area contributed by atoms with Gasteiger partial charge < -0.3 is 9.88 Å². The quantitative estimate of drug-likeness (QED) is 0.642. The number of imidazole rings is 1. The first-order chi connectivity index (χ1) is 15.5. The van der Waals surface area contributed by atoms with Crippen molar-refractivity contribution in [3.05, 3.63) is 23.5 Å². The summed E-state index contributed by atoms with van der Waals surface area (Å²) in [4.78, 5) is 28.1. The van der Waals surface area contributed by atoms with Gasteiger partial charge in [-0.15, -0.1) is 0 Å². The molecular formula is C25H30N6O. The van der Waals surface area contributed by atoms with Gasteiger partial charge in [-0.2, -0.15) is 5.10 Å². The van der Waals surface area contributed by atoms with Gasteiger partial charge in [-0.1, -0.05) is 19.8 Å². The predicted molar refractivity (Wildman–Crippen MR) is 122 cm³/mol. The zero-order chi connectivity index (χ0) is 21.7. The number of nitrogens with zero attached hydrogens (tertiary/aromatic N) is 4. The molecule has 7 heteroatoms. The Morgan fingerprint density at radius 1 is 1.22 bits per heavy atom. The van der Waals surface area contributed by atoms with Gasteiger partial charge in [0.05, 0.1) is 22.8 Å². The molecule has 166 valence electrons. The van der Waals surface area contributed by atoms with Crippen LogP contribution in [0.5, 0.6) is 0 Å². The molecule has 7 rings (SSSR count). The highest BCUT2D eigenvalue weighted by molar-refractivity contribution is 5.99. The minimum absolute atomic E-state index is 0.132. The molecule has 3 aromatic rings. The fourth-order valence-electron chi connectivity index (χ4n) is 6.60. The number of rotatable bonds is 4. The molecule has 0 saturated heterocycles. The smallest absolute Gasteiger partial charge is 0.233 e. The van der Waals surface area contributed by atoms with Crippen LogP contribution >= 0.6 is 0 Å². The number of pyridine rings is 1. The van der Waals surface area contributed by atoms with Crippen molar-refractivity contribution >= 4 is 22.8 Å². The van der Waals surface area contributed by atoms with Crippen LogP contribution in [0.15, 0.2) is 12.3 Å². The summed E-state index contributed by atoms with van der Waals surface area (Å²) < 4.78 is 0. The molecule has 0 spiro atoms. The highest BCUT2D eigenvalue weighted by Crippen LogP contribution is 2.59. The molecule has 0 aromatic carbocycles. The number of aromatic amines is 2. The Morgan fingerprint density at radius 2 is 2.06 bits per heavy atom. The third-order valence-corrected chi connectivity index (χ3v) is 9.32. The summed E-state index contributed by atoms with van der Waals surface area (Å²) >= 11 is 0. The van der Waals surface area contributed by atoms with Crippen molar-refractivity contribution in [2.45, 2.75) is 64.7 Å². The molecule has 4 aliphatic rings.